The summed E-state index contributed by atoms with van der Waals surface area (Å²) in [6.07, 6.45) is 6.05. The number of nitrogens with one attached hydrogen (secondary N) is 1. The Hall–Kier alpha value is -1.22. The number of hydrogen-bond donors (Lipinski definition) is 1. The molecule has 3 nitrogen and oxygen atoms in total. The molecule has 1 atom stereocenters. The molecular formula is C18H27NO2. The number of benzene rings is 1. The van der Waals surface area contributed by atoms with Gasteiger partial charge in [-0.25, -0.2) is 0 Å². The summed E-state index contributed by atoms with van der Waals surface area (Å²) in [6.45, 7) is 7.24. The third-order valence-electron chi connectivity index (χ3n) is 4.94. The number of fused-ring (bicyclic) bond motifs is 1. The van der Waals surface area contributed by atoms with Crippen LogP contribution in [0.15, 0.2) is 18.2 Å². The van der Waals surface area contributed by atoms with Gasteiger partial charge >= 0.3 is 0 Å². The maximum atomic E-state index is 5.88. The highest BCUT2D eigenvalue weighted by atomic mass is 16.5. The Bertz CT molecular complexity index is 476. The highest BCUT2D eigenvalue weighted by Crippen LogP contribution is 2.40. The van der Waals surface area contributed by atoms with Crippen LogP contribution in [0.3, 0.4) is 0 Å². The van der Waals surface area contributed by atoms with Crippen molar-refractivity contribution in [3.8, 4) is 11.5 Å². The average molecular weight is 289 g/mol. The molecule has 2 aliphatic heterocycles. The van der Waals surface area contributed by atoms with Crippen LogP contribution in [0.5, 0.6) is 11.5 Å². The summed E-state index contributed by atoms with van der Waals surface area (Å²) in [5.41, 5.74) is 1.42. The van der Waals surface area contributed by atoms with E-state index in [1.165, 1.54) is 31.2 Å². The smallest absolute Gasteiger partial charge is 0.161 e. The molecule has 0 spiro atoms. The van der Waals surface area contributed by atoms with E-state index in [4.69, 9.17) is 9.47 Å². The van der Waals surface area contributed by atoms with Crippen molar-refractivity contribution in [1.82, 2.24) is 5.32 Å². The first-order chi connectivity index (χ1) is 10.2. The van der Waals surface area contributed by atoms with Crippen LogP contribution in [-0.4, -0.2) is 19.8 Å². The van der Waals surface area contributed by atoms with Crippen LogP contribution >= 0.6 is 0 Å². The SMILES string of the molecule is CC(C)C1(c2ccc3c(c2)OCCCO3)CCCCCN1. The van der Waals surface area contributed by atoms with E-state index in [1.54, 1.807) is 0 Å². The highest BCUT2D eigenvalue weighted by Gasteiger charge is 2.36. The summed E-state index contributed by atoms with van der Waals surface area (Å²) in [5.74, 6) is 2.36. The van der Waals surface area contributed by atoms with E-state index in [-0.39, 0.29) is 5.54 Å². The van der Waals surface area contributed by atoms with Gasteiger partial charge in [0, 0.05) is 12.0 Å². The molecule has 2 heterocycles. The molecule has 1 unspecified atom stereocenters. The molecule has 21 heavy (non-hydrogen) atoms. The monoisotopic (exact) mass is 289 g/mol. The molecule has 0 bridgehead atoms. The lowest BCUT2D eigenvalue weighted by Gasteiger charge is -2.39. The molecule has 1 aromatic rings. The van der Waals surface area contributed by atoms with Gasteiger partial charge in [-0.2, -0.15) is 0 Å². The van der Waals surface area contributed by atoms with Crippen molar-refractivity contribution < 1.29 is 9.47 Å². The summed E-state index contributed by atoms with van der Waals surface area (Å²) in [7, 11) is 0. The summed E-state index contributed by atoms with van der Waals surface area (Å²) >= 11 is 0. The van der Waals surface area contributed by atoms with Gasteiger partial charge in [0.1, 0.15) is 0 Å². The third-order valence-corrected chi connectivity index (χ3v) is 4.94. The van der Waals surface area contributed by atoms with E-state index >= 15 is 0 Å². The van der Waals surface area contributed by atoms with E-state index in [9.17, 15) is 0 Å². The van der Waals surface area contributed by atoms with Crippen molar-refractivity contribution in [1.29, 1.82) is 0 Å². The Morgan fingerprint density at radius 3 is 2.62 bits per heavy atom. The summed E-state index contributed by atoms with van der Waals surface area (Å²) in [4.78, 5) is 0. The van der Waals surface area contributed by atoms with Gasteiger partial charge in [0.25, 0.3) is 0 Å². The van der Waals surface area contributed by atoms with Crippen molar-refractivity contribution in [2.45, 2.75) is 51.5 Å². The molecule has 0 radical (unpaired) electrons. The van der Waals surface area contributed by atoms with Crippen LogP contribution in [-0.2, 0) is 5.54 Å². The molecule has 1 saturated heterocycles. The Balaban J connectivity index is 1.97. The standard InChI is InChI=1S/C18H27NO2/c1-14(2)18(9-4-3-5-10-19-18)15-7-8-16-17(13-15)21-12-6-11-20-16/h7-8,13-14,19H,3-6,9-12H2,1-2H3. The van der Waals surface area contributed by atoms with Crippen molar-refractivity contribution in [2.75, 3.05) is 19.8 Å². The van der Waals surface area contributed by atoms with E-state index in [1.807, 2.05) is 0 Å². The van der Waals surface area contributed by atoms with Gasteiger partial charge in [0.2, 0.25) is 0 Å². The molecule has 1 aromatic carbocycles. The third kappa shape index (κ3) is 2.89. The lowest BCUT2D eigenvalue weighted by molar-refractivity contribution is 0.229. The maximum absolute atomic E-state index is 5.88. The predicted molar refractivity (Wildman–Crippen MR) is 85.0 cm³/mol. The average Bonchev–Trinajstić information content (AvgIpc) is 2.87. The number of rotatable bonds is 2. The fraction of sp³-hybridized carbons (Fsp3) is 0.667. The molecule has 1 N–H and O–H groups in total. The number of hydrogen-bond acceptors (Lipinski definition) is 3. The van der Waals surface area contributed by atoms with Crippen molar-refractivity contribution in [3.63, 3.8) is 0 Å². The van der Waals surface area contributed by atoms with Crippen LogP contribution in [0.1, 0.15) is 51.5 Å². The summed E-state index contributed by atoms with van der Waals surface area (Å²) in [6, 6.07) is 6.53. The minimum absolute atomic E-state index is 0.0706. The first-order valence-corrected chi connectivity index (χ1v) is 8.37. The maximum Gasteiger partial charge on any atom is 0.161 e. The van der Waals surface area contributed by atoms with Gasteiger partial charge in [-0.15, -0.1) is 0 Å². The lowest BCUT2D eigenvalue weighted by Crippen LogP contribution is -2.46. The number of ether oxygens (including phenoxy) is 2. The second-order valence-corrected chi connectivity index (χ2v) is 6.58. The normalized spacial score (nSPS) is 26.2. The fourth-order valence-corrected chi connectivity index (χ4v) is 3.62. The molecule has 2 aliphatic rings. The minimum atomic E-state index is 0.0706. The quantitative estimate of drug-likeness (QED) is 0.896. The topological polar surface area (TPSA) is 30.5 Å². The van der Waals surface area contributed by atoms with Gasteiger partial charge in [0.15, 0.2) is 11.5 Å². The van der Waals surface area contributed by atoms with E-state index in [0.29, 0.717) is 5.92 Å². The molecule has 3 heteroatoms. The molecule has 0 saturated carbocycles. The molecular weight excluding hydrogens is 262 g/mol. The van der Waals surface area contributed by atoms with Gasteiger partial charge in [-0.1, -0.05) is 32.8 Å². The molecule has 0 aliphatic carbocycles. The van der Waals surface area contributed by atoms with E-state index in [0.717, 1.165) is 37.7 Å². The zero-order valence-electron chi connectivity index (χ0n) is 13.3. The van der Waals surface area contributed by atoms with Gasteiger partial charge in [-0.05, 0) is 43.0 Å². The zero-order chi connectivity index (χ0) is 14.7. The zero-order valence-corrected chi connectivity index (χ0v) is 13.3. The second kappa shape index (κ2) is 6.27. The largest absolute Gasteiger partial charge is 0.490 e. The summed E-state index contributed by atoms with van der Waals surface area (Å²) in [5, 5.41) is 3.84. The predicted octanol–water partition coefficient (Wildman–Crippen LogP) is 3.86. The first-order valence-electron chi connectivity index (χ1n) is 8.37. The molecule has 116 valence electrons. The second-order valence-electron chi connectivity index (χ2n) is 6.58. The van der Waals surface area contributed by atoms with Gasteiger partial charge in [-0.3, -0.25) is 0 Å². The first kappa shape index (κ1) is 14.7. The van der Waals surface area contributed by atoms with Crippen LogP contribution in [0.2, 0.25) is 0 Å². The van der Waals surface area contributed by atoms with Crippen LogP contribution in [0.4, 0.5) is 0 Å². The Morgan fingerprint density at radius 1 is 1.00 bits per heavy atom. The van der Waals surface area contributed by atoms with E-state index < -0.39 is 0 Å². The minimum Gasteiger partial charge on any atom is -0.490 e. The van der Waals surface area contributed by atoms with Crippen LogP contribution < -0.4 is 14.8 Å². The highest BCUT2D eigenvalue weighted by molar-refractivity contribution is 5.45. The van der Waals surface area contributed by atoms with Crippen molar-refractivity contribution >= 4 is 0 Å². The van der Waals surface area contributed by atoms with Gasteiger partial charge < -0.3 is 14.8 Å². The Morgan fingerprint density at radius 2 is 1.81 bits per heavy atom. The van der Waals surface area contributed by atoms with Crippen LogP contribution in [0.25, 0.3) is 0 Å². The van der Waals surface area contributed by atoms with Crippen molar-refractivity contribution in [2.24, 2.45) is 5.92 Å². The van der Waals surface area contributed by atoms with Gasteiger partial charge in [0.05, 0.1) is 13.2 Å². The molecule has 1 fully saturated rings. The van der Waals surface area contributed by atoms with Crippen molar-refractivity contribution in [3.05, 3.63) is 23.8 Å². The summed E-state index contributed by atoms with van der Waals surface area (Å²) < 4.78 is 11.6. The fourth-order valence-electron chi connectivity index (χ4n) is 3.62. The van der Waals surface area contributed by atoms with E-state index in [2.05, 4.69) is 37.4 Å². The molecule has 0 aromatic heterocycles. The Labute approximate surface area is 128 Å². The molecule has 3 rings (SSSR count). The van der Waals surface area contributed by atoms with Crippen LogP contribution in [0, 0.1) is 5.92 Å². The Kier molecular flexibility index (Phi) is 4.39. The molecule has 0 amide bonds. The lowest BCUT2D eigenvalue weighted by atomic mass is 9.76.